The quantitative estimate of drug-likeness (QED) is 0.670. The van der Waals surface area contributed by atoms with Crippen molar-refractivity contribution in [2.75, 3.05) is 37.7 Å². The third-order valence-corrected chi connectivity index (χ3v) is 5.88. The maximum atomic E-state index is 12.9. The summed E-state index contributed by atoms with van der Waals surface area (Å²) in [7, 11) is 0. The largest absolute Gasteiger partial charge is 0.466 e. The molecular weight excluding hydrogens is 386 g/mol. The van der Waals surface area contributed by atoms with Crippen molar-refractivity contribution in [1.82, 2.24) is 29.9 Å². The zero-order valence-corrected chi connectivity index (χ0v) is 17.2. The number of nitrogens with zero attached hydrogens (tertiary/aromatic N) is 7. The second-order valence-electron chi connectivity index (χ2n) is 7.70. The maximum absolute atomic E-state index is 12.9. The second-order valence-corrected chi connectivity index (χ2v) is 7.70. The van der Waals surface area contributed by atoms with Crippen LogP contribution in [0.15, 0.2) is 24.8 Å². The van der Waals surface area contributed by atoms with Gasteiger partial charge in [0.15, 0.2) is 11.6 Å². The van der Waals surface area contributed by atoms with Gasteiger partial charge < -0.3 is 14.5 Å². The molecule has 160 valence electrons. The van der Waals surface area contributed by atoms with Gasteiger partial charge in [0.05, 0.1) is 12.5 Å². The smallest absolute Gasteiger partial charge is 0.309 e. The number of hydrogen-bond acceptors (Lipinski definition) is 8. The summed E-state index contributed by atoms with van der Waals surface area (Å²) in [6.07, 6.45) is 6.01. The number of hydrogen-bond donors (Lipinski definition) is 0. The lowest BCUT2D eigenvalue weighted by atomic mass is 9.92. The van der Waals surface area contributed by atoms with Gasteiger partial charge in [-0.05, 0) is 44.7 Å². The zero-order valence-electron chi connectivity index (χ0n) is 17.2. The summed E-state index contributed by atoms with van der Waals surface area (Å²) < 4.78 is 6.67. The highest BCUT2D eigenvalue weighted by Crippen LogP contribution is 2.26. The number of carbonyl (C=O) groups excluding carboxylic acids is 2. The Bertz CT molecular complexity index is 840. The first-order chi connectivity index (χ1) is 14.7. The summed E-state index contributed by atoms with van der Waals surface area (Å²) in [6, 6.07) is 3.79. The number of amides is 1. The molecule has 0 saturated carbocycles. The van der Waals surface area contributed by atoms with Gasteiger partial charge in [-0.15, -0.1) is 10.2 Å². The summed E-state index contributed by atoms with van der Waals surface area (Å²) in [5, 5.41) is 12.6. The standard InChI is InChI=1S/C20H27N7O3/c1-2-30-20(29)16-7-11-26(12-8-16)19(28)15-5-9-25(10-6-15)17-3-4-18(24-23-17)27-14-21-13-22-27/h3-4,13-16H,2,5-12H2,1H3. The Morgan fingerprint density at radius 2 is 1.67 bits per heavy atom. The Kier molecular flexibility index (Phi) is 6.20. The predicted octanol–water partition coefficient (Wildman–Crippen LogP) is 1.08. The fourth-order valence-corrected chi connectivity index (χ4v) is 4.14. The van der Waals surface area contributed by atoms with Gasteiger partial charge in [0.1, 0.15) is 12.7 Å². The molecule has 4 rings (SSSR count). The Hall–Kier alpha value is -3.04. The lowest BCUT2D eigenvalue weighted by Crippen LogP contribution is -2.46. The summed E-state index contributed by atoms with van der Waals surface area (Å²) in [4.78, 5) is 32.8. The van der Waals surface area contributed by atoms with Crippen LogP contribution in [0.25, 0.3) is 5.82 Å². The van der Waals surface area contributed by atoms with E-state index in [9.17, 15) is 9.59 Å². The number of piperidine rings is 2. The summed E-state index contributed by atoms with van der Waals surface area (Å²) in [5.74, 6) is 1.46. The molecule has 0 bridgehead atoms. The van der Waals surface area contributed by atoms with Gasteiger partial charge in [0.25, 0.3) is 0 Å². The van der Waals surface area contributed by atoms with Crippen LogP contribution in [0.3, 0.4) is 0 Å². The van der Waals surface area contributed by atoms with Gasteiger partial charge in [0, 0.05) is 32.1 Å². The molecule has 30 heavy (non-hydrogen) atoms. The van der Waals surface area contributed by atoms with Crippen LogP contribution in [0.4, 0.5) is 5.82 Å². The zero-order chi connectivity index (χ0) is 20.9. The first-order valence-electron chi connectivity index (χ1n) is 10.5. The number of aromatic nitrogens is 5. The van der Waals surface area contributed by atoms with E-state index in [1.54, 1.807) is 11.0 Å². The van der Waals surface area contributed by atoms with Crippen LogP contribution in [0.2, 0.25) is 0 Å². The van der Waals surface area contributed by atoms with Crippen molar-refractivity contribution < 1.29 is 14.3 Å². The highest BCUT2D eigenvalue weighted by Gasteiger charge is 2.33. The molecule has 0 aliphatic carbocycles. The molecule has 1 amide bonds. The molecule has 0 spiro atoms. The molecule has 2 saturated heterocycles. The molecule has 4 heterocycles. The molecule has 2 fully saturated rings. The molecule has 0 radical (unpaired) electrons. The third kappa shape index (κ3) is 4.42. The first kappa shape index (κ1) is 20.2. The summed E-state index contributed by atoms with van der Waals surface area (Å²) in [5.41, 5.74) is 0. The number of likely N-dealkylation sites (tertiary alicyclic amines) is 1. The molecule has 0 unspecified atom stereocenters. The van der Waals surface area contributed by atoms with Crippen LogP contribution in [0.1, 0.15) is 32.6 Å². The van der Waals surface area contributed by atoms with Crippen molar-refractivity contribution in [2.45, 2.75) is 32.6 Å². The van der Waals surface area contributed by atoms with E-state index >= 15 is 0 Å². The molecular formula is C20H27N7O3. The minimum Gasteiger partial charge on any atom is -0.466 e. The molecule has 2 aliphatic heterocycles. The molecule has 2 aromatic rings. The highest BCUT2D eigenvalue weighted by molar-refractivity contribution is 5.80. The number of anilines is 1. The van der Waals surface area contributed by atoms with Crippen molar-refractivity contribution in [3.8, 4) is 5.82 Å². The van der Waals surface area contributed by atoms with E-state index in [0.717, 1.165) is 31.7 Å². The number of esters is 1. The number of ether oxygens (including phenoxy) is 1. The average Bonchev–Trinajstić information content (AvgIpc) is 3.34. The van der Waals surface area contributed by atoms with Crippen molar-refractivity contribution in [3.63, 3.8) is 0 Å². The molecule has 0 N–H and O–H groups in total. The number of carbonyl (C=O) groups is 2. The lowest BCUT2D eigenvalue weighted by Gasteiger charge is -2.37. The van der Waals surface area contributed by atoms with Gasteiger partial charge in [0.2, 0.25) is 5.91 Å². The minimum absolute atomic E-state index is 0.0303. The Morgan fingerprint density at radius 3 is 2.27 bits per heavy atom. The monoisotopic (exact) mass is 413 g/mol. The van der Waals surface area contributed by atoms with E-state index in [-0.39, 0.29) is 23.7 Å². The first-order valence-corrected chi connectivity index (χ1v) is 10.5. The van der Waals surface area contributed by atoms with E-state index in [1.165, 1.54) is 6.33 Å². The topological polar surface area (TPSA) is 106 Å². The van der Waals surface area contributed by atoms with E-state index in [2.05, 4.69) is 25.2 Å². The molecule has 10 heteroatoms. The van der Waals surface area contributed by atoms with Crippen LogP contribution in [-0.4, -0.2) is 74.5 Å². The van der Waals surface area contributed by atoms with Crippen LogP contribution in [-0.2, 0) is 14.3 Å². The third-order valence-electron chi connectivity index (χ3n) is 5.88. The van der Waals surface area contributed by atoms with Gasteiger partial charge in [-0.2, -0.15) is 5.10 Å². The van der Waals surface area contributed by atoms with Gasteiger partial charge in [-0.1, -0.05) is 0 Å². The van der Waals surface area contributed by atoms with Crippen LogP contribution >= 0.6 is 0 Å². The van der Waals surface area contributed by atoms with E-state index in [4.69, 9.17) is 4.74 Å². The minimum atomic E-state index is -0.131. The van der Waals surface area contributed by atoms with Crippen molar-refractivity contribution >= 4 is 17.7 Å². The van der Waals surface area contributed by atoms with E-state index < -0.39 is 0 Å². The predicted molar refractivity (Wildman–Crippen MR) is 108 cm³/mol. The van der Waals surface area contributed by atoms with Gasteiger partial charge >= 0.3 is 5.97 Å². The molecule has 0 aromatic carbocycles. The molecule has 2 aromatic heterocycles. The van der Waals surface area contributed by atoms with Crippen LogP contribution in [0, 0.1) is 11.8 Å². The fourth-order valence-electron chi connectivity index (χ4n) is 4.14. The summed E-state index contributed by atoms with van der Waals surface area (Å²) in [6.45, 7) is 5.04. The maximum Gasteiger partial charge on any atom is 0.309 e. The fraction of sp³-hybridized carbons (Fsp3) is 0.600. The highest BCUT2D eigenvalue weighted by atomic mass is 16.5. The Morgan fingerprint density at radius 1 is 1.00 bits per heavy atom. The Balaban J connectivity index is 1.26. The van der Waals surface area contributed by atoms with Crippen LogP contribution < -0.4 is 4.90 Å². The van der Waals surface area contributed by atoms with Crippen molar-refractivity contribution in [3.05, 3.63) is 24.8 Å². The van der Waals surface area contributed by atoms with Crippen molar-refractivity contribution in [1.29, 1.82) is 0 Å². The summed E-state index contributed by atoms with van der Waals surface area (Å²) >= 11 is 0. The van der Waals surface area contributed by atoms with Gasteiger partial charge in [-0.25, -0.2) is 9.67 Å². The normalized spacial score (nSPS) is 18.4. The van der Waals surface area contributed by atoms with Gasteiger partial charge in [-0.3, -0.25) is 9.59 Å². The molecule has 10 nitrogen and oxygen atoms in total. The van der Waals surface area contributed by atoms with E-state index in [0.29, 0.717) is 38.4 Å². The van der Waals surface area contributed by atoms with Crippen LogP contribution in [0.5, 0.6) is 0 Å². The number of rotatable bonds is 5. The lowest BCUT2D eigenvalue weighted by molar-refractivity contribution is -0.151. The SMILES string of the molecule is CCOC(=O)C1CCN(C(=O)C2CCN(c3ccc(-n4cncn4)nn3)CC2)CC1. The molecule has 0 atom stereocenters. The Labute approximate surface area is 175 Å². The molecule has 2 aliphatic rings. The average molecular weight is 413 g/mol. The van der Waals surface area contributed by atoms with E-state index in [1.807, 2.05) is 24.0 Å². The second kappa shape index (κ2) is 9.19. The van der Waals surface area contributed by atoms with Crippen molar-refractivity contribution in [2.24, 2.45) is 11.8 Å².